The number of amides is 1. The molecule has 118 valence electrons. The molecule has 9 nitrogen and oxygen atoms in total. The minimum absolute atomic E-state index is 0.0792. The molecule has 0 unspecified atom stereocenters. The van der Waals surface area contributed by atoms with Crippen LogP contribution in [0.4, 0.5) is 32.2 Å². The highest BCUT2D eigenvalue weighted by Gasteiger charge is 2.18. The van der Waals surface area contributed by atoms with Crippen molar-refractivity contribution in [3.8, 4) is 5.40 Å². The molecular weight excluding hydrogens is 338 g/mol. The van der Waals surface area contributed by atoms with Crippen LogP contribution in [0.25, 0.3) is 0 Å². The number of hydrogen-bond acceptors (Lipinski definition) is 8. The molecule has 2 rings (SSSR count). The average molecular weight is 344 g/mol. The van der Waals surface area contributed by atoms with Gasteiger partial charge in [-0.05, 0) is 18.2 Å². The van der Waals surface area contributed by atoms with Crippen LogP contribution in [0.5, 0.6) is 0 Å². The normalized spacial score (nSPS) is 9.83. The molecule has 2 N–H and O–H groups in total. The van der Waals surface area contributed by atoms with E-state index < -0.39 is 22.2 Å². The molecule has 12 heteroatoms. The summed E-state index contributed by atoms with van der Waals surface area (Å²) < 4.78 is 13.4. The van der Waals surface area contributed by atoms with E-state index in [2.05, 4.69) is 20.6 Å². The average Bonchev–Trinajstić information content (AvgIpc) is 2.50. The fraction of sp³-hybridized carbons (Fsp3) is 0. The zero-order valence-corrected chi connectivity index (χ0v) is 12.5. The van der Waals surface area contributed by atoms with Gasteiger partial charge in [0.15, 0.2) is 10.8 Å². The molecule has 2 aromatic rings. The highest BCUT2D eigenvalue weighted by atomic mass is 32.2. The largest absolute Gasteiger partial charge is 0.334 e. The Labute approximate surface area is 139 Å². The summed E-state index contributed by atoms with van der Waals surface area (Å²) in [6.45, 7) is 0. The summed E-state index contributed by atoms with van der Waals surface area (Å²) in [5.74, 6) is -1.60. The lowest BCUT2D eigenvalue weighted by atomic mass is 10.1. The third kappa shape index (κ3) is 4.17. The second-order valence-electron chi connectivity index (χ2n) is 4.14. The molecule has 1 heterocycles. The van der Waals surface area contributed by atoms with Gasteiger partial charge in [-0.25, -0.2) is 9.37 Å². The van der Waals surface area contributed by atoms with Gasteiger partial charge in [-0.3, -0.25) is 14.9 Å². The summed E-state index contributed by atoms with van der Waals surface area (Å²) >= 11 is 0.482. The molecular formula is C12H6BFN6O3S. The minimum atomic E-state index is -0.866. The number of nitrogens with zero attached hydrogens (tertiary/aromatic N) is 4. The van der Waals surface area contributed by atoms with Crippen molar-refractivity contribution in [2.45, 2.75) is 5.03 Å². The minimum Gasteiger partial charge on any atom is -0.334 e. The third-order valence-electron chi connectivity index (χ3n) is 2.56. The first-order valence-electron chi connectivity index (χ1n) is 6.11. The Morgan fingerprint density at radius 1 is 1.46 bits per heavy atom. The molecule has 24 heavy (non-hydrogen) atoms. The highest BCUT2D eigenvalue weighted by Crippen LogP contribution is 2.29. The van der Waals surface area contributed by atoms with Crippen LogP contribution in [-0.4, -0.2) is 28.5 Å². The Hall–Kier alpha value is -3.20. The van der Waals surface area contributed by atoms with Gasteiger partial charge >= 0.3 is 5.69 Å². The molecule has 1 aromatic heterocycles. The van der Waals surface area contributed by atoms with Crippen LogP contribution in [0.2, 0.25) is 0 Å². The Morgan fingerprint density at radius 3 is 2.83 bits per heavy atom. The number of nitrogens with one attached hydrogen (secondary N) is 2. The summed E-state index contributed by atoms with van der Waals surface area (Å²) in [5.41, 5.74) is -0.210. The van der Waals surface area contributed by atoms with E-state index in [1.165, 1.54) is 6.07 Å². The molecule has 0 bridgehead atoms. The standard InChI is InChI=1S/C12H6BFN6O3S/c13-11(21)17-7-2-1-6(14)3-8(7)18-12-16-4-9(20(22)23)10(19-12)24-5-15/h1-4H,(H,17,21)(H,16,18,19). The van der Waals surface area contributed by atoms with E-state index >= 15 is 0 Å². The first-order valence-corrected chi connectivity index (χ1v) is 6.92. The Bertz CT molecular complexity index is 859. The second-order valence-corrected chi connectivity index (χ2v) is 4.91. The Kier molecular flexibility index (Phi) is 5.28. The maximum atomic E-state index is 13.4. The van der Waals surface area contributed by atoms with Gasteiger partial charge in [0.2, 0.25) is 13.8 Å². The highest BCUT2D eigenvalue weighted by molar-refractivity contribution is 8.03. The zero-order valence-electron chi connectivity index (χ0n) is 11.7. The molecule has 0 spiro atoms. The summed E-state index contributed by atoms with van der Waals surface area (Å²) in [6, 6.07) is 3.41. The number of anilines is 3. The molecule has 0 saturated heterocycles. The predicted octanol–water partition coefficient (Wildman–Crippen LogP) is 2.54. The summed E-state index contributed by atoms with van der Waals surface area (Å²) in [5, 5.41) is 25.9. The number of nitro groups is 1. The summed E-state index contributed by atoms with van der Waals surface area (Å²) in [6.07, 6.45) is 0.912. The number of aromatic nitrogens is 2. The van der Waals surface area contributed by atoms with E-state index in [1.54, 1.807) is 5.40 Å². The Balaban J connectivity index is 2.39. The third-order valence-corrected chi connectivity index (χ3v) is 3.15. The molecule has 0 atom stereocenters. The number of carbonyl (C=O) groups is 1. The van der Waals surface area contributed by atoms with E-state index in [0.29, 0.717) is 11.8 Å². The van der Waals surface area contributed by atoms with Crippen molar-refractivity contribution in [3.63, 3.8) is 0 Å². The van der Waals surface area contributed by atoms with Crippen molar-refractivity contribution in [3.05, 3.63) is 40.3 Å². The molecule has 0 aliphatic rings. The first kappa shape index (κ1) is 17.2. The van der Waals surface area contributed by atoms with E-state index in [-0.39, 0.29) is 22.3 Å². The van der Waals surface area contributed by atoms with Crippen LogP contribution in [-0.2, 0) is 0 Å². The van der Waals surface area contributed by atoms with Gasteiger partial charge in [-0.15, -0.1) is 0 Å². The SMILES string of the molecule is [B]C(=O)Nc1ccc(F)cc1Nc1ncc([N+](=O)[O-])c(SC#N)n1. The maximum Gasteiger partial charge on any atom is 0.320 e. The predicted molar refractivity (Wildman–Crippen MR) is 84.6 cm³/mol. The molecule has 0 aliphatic heterocycles. The van der Waals surface area contributed by atoms with Crippen LogP contribution < -0.4 is 10.6 Å². The smallest absolute Gasteiger partial charge is 0.320 e. The van der Waals surface area contributed by atoms with Gasteiger partial charge < -0.3 is 10.6 Å². The van der Waals surface area contributed by atoms with Crippen molar-refractivity contribution in [1.82, 2.24) is 9.97 Å². The molecule has 0 saturated carbocycles. The van der Waals surface area contributed by atoms with E-state index in [1.807, 2.05) is 0 Å². The number of benzene rings is 1. The first-order chi connectivity index (χ1) is 11.4. The number of halogens is 1. The van der Waals surface area contributed by atoms with Crippen LogP contribution in [0.3, 0.4) is 0 Å². The van der Waals surface area contributed by atoms with E-state index in [0.717, 1.165) is 18.3 Å². The van der Waals surface area contributed by atoms with Crippen molar-refractivity contribution < 1.29 is 14.1 Å². The Morgan fingerprint density at radius 2 is 2.21 bits per heavy atom. The van der Waals surface area contributed by atoms with Gasteiger partial charge in [0.05, 0.1) is 16.3 Å². The van der Waals surface area contributed by atoms with Crippen LogP contribution in [0, 0.1) is 26.6 Å². The molecule has 0 aliphatic carbocycles. The van der Waals surface area contributed by atoms with Crippen LogP contribution in [0.1, 0.15) is 0 Å². The monoisotopic (exact) mass is 344 g/mol. The molecule has 1 aromatic carbocycles. The van der Waals surface area contributed by atoms with Crippen LogP contribution in [0.15, 0.2) is 29.4 Å². The topological polar surface area (TPSA) is 134 Å². The van der Waals surface area contributed by atoms with Gasteiger partial charge in [-0.1, -0.05) is 0 Å². The number of carbonyl (C=O) groups excluding carboxylic acids is 1. The maximum absolute atomic E-state index is 13.4. The van der Waals surface area contributed by atoms with Gasteiger partial charge in [0.1, 0.15) is 17.4 Å². The lowest BCUT2D eigenvalue weighted by Gasteiger charge is -2.11. The van der Waals surface area contributed by atoms with Crippen molar-refractivity contribution in [2.24, 2.45) is 0 Å². The molecule has 2 radical (unpaired) electrons. The lowest BCUT2D eigenvalue weighted by Crippen LogP contribution is -2.11. The number of nitriles is 1. The van der Waals surface area contributed by atoms with Gasteiger partial charge in [0.25, 0.3) is 0 Å². The molecule has 0 fully saturated rings. The number of rotatable bonds is 5. The van der Waals surface area contributed by atoms with Crippen molar-refractivity contribution in [2.75, 3.05) is 10.6 Å². The number of thiocyanates is 1. The van der Waals surface area contributed by atoms with E-state index in [9.17, 15) is 19.3 Å². The molecule has 1 amide bonds. The fourth-order valence-electron chi connectivity index (χ4n) is 1.65. The second kappa shape index (κ2) is 7.38. The van der Waals surface area contributed by atoms with E-state index in [4.69, 9.17) is 13.1 Å². The quantitative estimate of drug-likeness (QED) is 0.211. The summed E-state index contributed by atoms with van der Waals surface area (Å²) in [4.78, 5) is 28.7. The summed E-state index contributed by atoms with van der Waals surface area (Å²) in [7, 11) is 5.02. The van der Waals surface area contributed by atoms with Gasteiger partial charge in [0, 0.05) is 11.8 Å². The number of thioether (sulfide) groups is 1. The fourth-order valence-corrected chi connectivity index (χ4v) is 2.10. The van der Waals surface area contributed by atoms with Crippen molar-refractivity contribution >= 4 is 48.4 Å². The van der Waals surface area contributed by atoms with Crippen LogP contribution >= 0.6 is 11.8 Å². The number of hydrogen-bond donors (Lipinski definition) is 2. The van der Waals surface area contributed by atoms with Crippen molar-refractivity contribution in [1.29, 1.82) is 5.26 Å². The zero-order chi connectivity index (χ0) is 17.7. The van der Waals surface area contributed by atoms with Gasteiger partial charge in [-0.2, -0.15) is 10.2 Å². The lowest BCUT2D eigenvalue weighted by molar-refractivity contribution is -0.388.